The Morgan fingerprint density at radius 2 is 1.85 bits per heavy atom. The quantitative estimate of drug-likeness (QED) is 0.428. The van der Waals surface area contributed by atoms with Crippen LogP contribution in [0.5, 0.6) is 0 Å². The number of fused-ring (bicyclic) bond motifs is 3. The van der Waals surface area contributed by atoms with Crippen LogP contribution in [0.3, 0.4) is 0 Å². The highest BCUT2D eigenvalue weighted by Crippen LogP contribution is 2.56. The zero-order valence-corrected chi connectivity index (χ0v) is 19.2. The summed E-state index contributed by atoms with van der Waals surface area (Å²) in [5.74, 6) is -3.14. The molecule has 1 saturated heterocycles. The Morgan fingerprint density at radius 3 is 2.52 bits per heavy atom. The average molecular weight is 465 g/mol. The number of ether oxygens (including phenoxy) is 3. The van der Waals surface area contributed by atoms with Crippen LogP contribution < -0.4 is 5.32 Å². The normalized spacial score (nSPS) is 32.0. The van der Waals surface area contributed by atoms with Gasteiger partial charge in [0, 0.05) is 31.1 Å². The molecule has 0 aromatic rings. The van der Waals surface area contributed by atoms with E-state index in [0.717, 1.165) is 7.11 Å². The fourth-order valence-electron chi connectivity index (χ4n) is 5.80. The van der Waals surface area contributed by atoms with Crippen molar-refractivity contribution in [3.05, 3.63) is 0 Å². The lowest BCUT2D eigenvalue weighted by molar-refractivity contribution is -0.158. The second-order valence-corrected chi connectivity index (χ2v) is 9.35. The van der Waals surface area contributed by atoms with E-state index in [1.54, 1.807) is 0 Å². The Kier molecular flexibility index (Phi) is 7.54. The predicted molar refractivity (Wildman–Crippen MR) is 111 cm³/mol. The molecule has 1 aliphatic heterocycles. The minimum atomic E-state index is -1.21. The minimum Gasteiger partial charge on any atom is -0.469 e. The summed E-state index contributed by atoms with van der Waals surface area (Å²) >= 11 is 0. The van der Waals surface area contributed by atoms with Gasteiger partial charge in [-0.3, -0.25) is 24.0 Å². The van der Waals surface area contributed by atoms with Gasteiger partial charge in [0.2, 0.25) is 5.91 Å². The maximum atomic E-state index is 13.1. The monoisotopic (exact) mass is 465 g/mol. The standard InChI is InChI=1S/C23H31NO9/c1-23-11-15(25)21-12(13(23)5-7-17(23)26)4-9-19(28)33-16(21)6-8-18(27)24-14(22(30)32-3)10-20(29)31-2/h12-14,16,21H,4-11H2,1-3H3,(H,24,27)/t12-,13-,14-,16+,21+,23-/m0/s1. The number of amides is 1. The van der Waals surface area contributed by atoms with E-state index in [1.165, 1.54) is 7.11 Å². The summed E-state index contributed by atoms with van der Waals surface area (Å²) in [7, 11) is 2.31. The molecule has 6 atom stereocenters. The molecule has 10 nitrogen and oxygen atoms in total. The number of rotatable bonds is 7. The van der Waals surface area contributed by atoms with Gasteiger partial charge in [-0.15, -0.1) is 0 Å². The predicted octanol–water partition coefficient (Wildman–Crippen LogP) is 0.884. The van der Waals surface area contributed by atoms with Crippen LogP contribution in [0.15, 0.2) is 0 Å². The van der Waals surface area contributed by atoms with Gasteiger partial charge in [0.25, 0.3) is 0 Å². The molecule has 0 radical (unpaired) electrons. The van der Waals surface area contributed by atoms with Gasteiger partial charge in [-0.25, -0.2) is 4.79 Å². The molecule has 2 aliphatic carbocycles. The summed E-state index contributed by atoms with van der Waals surface area (Å²) in [6.07, 6.45) is 0.718. The van der Waals surface area contributed by atoms with Crippen LogP contribution in [-0.4, -0.2) is 61.7 Å². The Balaban J connectivity index is 1.70. The van der Waals surface area contributed by atoms with Gasteiger partial charge in [-0.1, -0.05) is 6.92 Å². The van der Waals surface area contributed by atoms with Gasteiger partial charge < -0.3 is 19.5 Å². The summed E-state index contributed by atoms with van der Waals surface area (Å²) in [5, 5.41) is 2.45. The Hall–Kier alpha value is -2.78. The minimum absolute atomic E-state index is 0.0160. The molecule has 1 N–H and O–H groups in total. The van der Waals surface area contributed by atoms with Gasteiger partial charge in [0.15, 0.2) is 0 Å². The third-order valence-corrected chi connectivity index (χ3v) is 7.47. The van der Waals surface area contributed by atoms with Crippen molar-refractivity contribution in [1.29, 1.82) is 0 Å². The molecule has 3 rings (SSSR count). The zero-order valence-electron chi connectivity index (χ0n) is 19.2. The number of carbonyl (C=O) groups is 6. The smallest absolute Gasteiger partial charge is 0.328 e. The van der Waals surface area contributed by atoms with Crippen LogP contribution in [0, 0.1) is 23.2 Å². The van der Waals surface area contributed by atoms with Gasteiger partial charge in [0.05, 0.1) is 26.6 Å². The maximum Gasteiger partial charge on any atom is 0.328 e. The lowest BCUT2D eigenvalue weighted by Crippen LogP contribution is -2.50. The molecule has 0 spiro atoms. The van der Waals surface area contributed by atoms with Crippen molar-refractivity contribution in [3.63, 3.8) is 0 Å². The van der Waals surface area contributed by atoms with Crippen LogP contribution in [0.1, 0.15) is 58.3 Å². The van der Waals surface area contributed by atoms with E-state index in [0.29, 0.717) is 19.3 Å². The molecule has 10 heteroatoms. The number of cyclic esters (lactones) is 1. The molecule has 0 aromatic heterocycles. The topological polar surface area (TPSA) is 142 Å². The molecule has 33 heavy (non-hydrogen) atoms. The first kappa shape index (κ1) is 24.9. The molecular weight excluding hydrogens is 434 g/mol. The Bertz CT molecular complexity index is 853. The summed E-state index contributed by atoms with van der Waals surface area (Å²) in [6.45, 7) is 1.85. The van der Waals surface area contributed by atoms with E-state index in [-0.39, 0.29) is 55.5 Å². The summed E-state index contributed by atoms with van der Waals surface area (Å²) in [5.41, 5.74) is -0.685. The Morgan fingerprint density at radius 1 is 1.12 bits per heavy atom. The second kappa shape index (κ2) is 10.0. The summed E-state index contributed by atoms with van der Waals surface area (Å²) < 4.78 is 14.7. The number of ketones is 2. The van der Waals surface area contributed by atoms with E-state index in [9.17, 15) is 28.8 Å². The van der Waals surface area contributed by atoms with Crippen molar-refractivity contribution >= 4 is 35.4 Å². The van der Waals surface area contributed by atoms with Crippen LogP contribution >= 0.6 is 0 Å². The van der Waals surface area contributed by atoms with Crippen molar-refractivity contribution in [1.82, 2.24) is 5.32 Å². The number of nitrogens with one attached hydrogen (secondary N) is 1. The average Bonchev–Trinajstić information content (AvgIpc) is 2.96. The van der Waals surface area contributed by atoms with E-state index in [1.807, 2.05) is 6.92 Å². The fourth-order valence-corrected chi connectivity index (χ4v) is 5.80. The number of hydrogen-bond acceptors (Lipinski definition) is 9. The fraction of sp³-hybridized carbons (Fsp3) is 0.739. The molecule has 2 saturated carbocycles. The van der Waals surface area contributed by atoms with Crippen molar-refractivity contribution < 1.29 is 43.0 Å². The molecule has 182 valence electrons. The molecule has 0 aromatic carbocycles. The third kappa shape index (κ3) is 5.09. The summed E-state index contributed by atoms with van der Waals surface area (Å²) in [6, 6.07) is -1.21. The lowest BCUT2D eigenvalue weighted by Gasteiger charge is -2.45. The van der Waals surface area contributed by atoms with Crippen LogP contribution in [0.25, 0.3) is 0 Å². The highest BCUT2D eigenvalue weighted by atomic mass is 16.5. The largest absolute Gasteiger partial charge is 0.469 e. The SMILES string of the molecule is COC(=O)C[C@H](NC(=O)CC[C@H]1OC(=O)CC[C@@H]2[C@@H]1C(=O)C[C@]1(C)C(=O)CC[C@@H]21)C(=O)OC. The Labute approximate surface area is 192 Å². The highest BCUT2D eigenvalue weighted by Gasteiger charge is 2.59. The van der Waals surface area contributed by atoms with Gasteiger partial charge >= 0.3 is 17.9 Å². The first-order valence-corrected chi connectivity index (χ1v) is 11.3. The number of Topliss-reactive ketones (excluding diaryl/α,β-unsaturated/α-hetero) is 2. The number of hydrogen-bond donors (Lipinski definition) is 1. The first-order valence-electron chi connectivity index (χ1n) is 11.3. The van der Waals surface area contributed by atoms with Crippen molar-refractivity contribution in [3.8, 4) is 0 Å². The zero-order chi connectivity index (χ0) is 24.3. The van der Waals surface area contributed by atoms with Crippen LogP contribution in [0.4, 0.5) is 0 Å². The molecule has 0 unspecified atom stereocenters. The van der Waals surface area contributed by atoms with Crippen molar-refractivity contribution in [2.24, 2.45) is 23.2 Å². The van der Waals surface area contributed by atoms with E-state index >= 15 is 0 Å². The number of esters is 3. The highest BCUT2D eigenvalue weighted by molar-refractivity contribution is 5.95. The van der Waals surface area contributed by atoms with E-state index in [2.05, 4.69) is 14.8 Å². The van der Waals surface area contributed by atoms with Crippen LogP contribution in [-0.2, 0) is 43.0 Å². The molecule has 3 aliphatic rings. The molecule has 1 heterocycles. The first-order chi connectivity index (χ1) is 15.6. The van der Waals surface area contributed by atoms with Crippen molar-refractivity contribution in [2.75, 3.05) is 14.2 Å². The van der Waals surface area contributed by atoms with Gasteiger partial charge in [0.1, 0.15) is 23.7 Å². The lowest BCUT2D eigenvalue weighted by atomic mass is 9.57. The summed E-state index contributed by atoms with van der Waals surface area (Å²) in [4.78, 5) is 73.9. The van der Waals surface area contributed by atoms with Crippen molar-refractivity contribution in [2.45, 2.75) is 70.4 Å². The van der Waals surface area contributed by atoms with Crippen LogP contribution in [0.2, 0.25) is 0 Å². The van der Waals surface area contributed by atoms with Gasteiger partial charge in [-0.05, 0) is 31.1 Å². The number of carbonyl (C=O) groups excluding carboxylic acids is 6. The van der Waals surface area contributed by atoms with E-state index in [4.69, 9.17) is 4.74 Å². The maximum absolute atomic E-state index is 13.1. The molecule has 3 fully saturated rings. The second-order valence-electron chi connectivity index (χ2n) is 9.35. The van der Waals surface area contributed by atoms with E-state index < -0.39 is 47.3 Å². The molecule has 1 amide bonds. The van der Waals surface area contributed by atoms with Gasteiger partial charge in [-0.2, -0.15) is 0 Å². The molecule has 0 bridgehead atoms. The number of methoxy groups -OCH3 is 2. The third-order valence-electron chi connectivity index (χ3n) is 7.47. The molecular formula is C23H31NO9.